The summed E-state index contributed by atoms with van der Waals surface area (Å²) in [7, 11) is 1.51. The molecule has 0 aliphatic rings. The molecule has 0 radical (unpaired) electrons. The van der Waals surface area contributed by atoms with Gasteiger partial charge in [-0.15, -0.1) is 0 Å². The van der Waals surface area contributed by atoms with E-state index in [0.717, 1.165) is 5.56 Å². The average Bonchev–Trinajstić information content (AvgIpc) is 2.56. The predicted octanol–water partition coefficient (Wildman–Crippen LogP) is 1.73. The molecule has 3 N–H and O–H groups in total. The van der Waals surface area contributed by atoms with Crippen molar-refractivity contribution in [1.82, 2.24) is 5.32 Å². The second-order valence-electron chi connectivity index (χ2n) is 4.92. The Hall–Kier alpha value is -2.53. The summed E-state index contributed by atoms with van der Waals surface area (Å²) >= 11 is 0. The van der Waals surface area contributed by atoms with Gasteiger partial charge in [0.25, 0.3) is 5.91 Å². The number of aromatic hydroxyl groups is 1. The van der Waals surface area contributed by atoms with Gasteiger partial charge >= 0.3 is 0 Å². The lowest BCUT2D eigenvalue weighted by molar-refractivity contribution is 0.0913. The zero-order chi connectivity index (χ0) is 15.9. The molecular formula is C17H19NO4. The molecule has 0 aliphatic heterocycles. The van der Waals surface area contributed by atoms with Crippen molar-refractivity contribution in [3.8, 4) is 11.5 Å². The number of methoxy groups -OCH3 is 1. The number of rotatable bonds is 6. The Balaban J connectivity index is 2.06. The highest BCUT2D eigenvalue weighted by molar-refractivity contribution is 5.97. The SMILES string of the molecule is COc1ccccc1C(=O)N[C@H](CO)Cc1ccc(O)cc1. The van der Waals surface area contributed by atoms with E-state index in [-0.39, 0.29) is 18.3 Å². The number of nitrogens with one attached hydrogen (secondary N) is 1. The Morgan fingerprint density at radius 1 is 1.18 bits per heavy atom. The third-order valence-corrected chi connectivity index (χ3v) is 3.33. The molecular weight excluding hydrogens is 282 g/mol. The smallest absolute Gasteiger partial charge is 0.255 e. The van der Waals surface area contributed by atoms with Crippen LogP contribution in [0.4, 0.5) is 0 Å². The van der Waals surface area contributed by atoms with Crippen LogP contribution in [0.2, 0.25) is 0 Å². The Labute approximate surface area is 129 Å². The quantitative estimate of drug-likeness (QED) is 0.759. The van der Waals surface area contributed by atoms with Crippen LogP contribution < -0.4 is 10.1 Å². The number of carbonyl (C=O) groups is 1. The van der Waals surface area contributed by atoms with Gasteiger partial charge in [0.1, 0.15) is 11.5 Å². The van der Waals surface area contributed by atoms with Crippen LogP contribution in [0.15, 0.2) is 48.5 Å². The van der Waals surface area contributed by atoms with Gasteiger partial charge in [-0.05, 0) is 36.2 Å². The normalized spacial score (nSPS) is 11.7. The fraction of sp³-hybridized carbons (Fsp3) is 0.235. The number of aliphatic hydroxyl groups excluding tert-OH is 1. The summed E-state index contributed by atoms with van der Waals surface area (Å²) in [5.74, 6) is 0.374. The molecule has 5 nitrogen and oxygen atoms in total. The number of carbonyl (C=O) groups excluding carboxylic acids is 1. The second kappa shape index (κ2) is 7.47. The molecule has 0 spiro atoms. The highest BCUT2D eigenvalue weighted by atomic mass is 16.5. The van der Waals surface area contributed by atoms with Crippen molar-refractivity contribution in [3.05, 3.63) is 59.7 Å². The number of amides is 1. The number of ether oxygens (including phenoxy) is 1. The summed E-state index contributed by atoms with van der Waals surface area (Å²) < 4.78 is 5.16. The number of phenolic OH excluding ortho intramolecular Hbond substituents is 1. The minimum atomic E-state index is -0.415. The molecule has 1 amide bonds. The molecule has 0 saturated heterocycles. The third-order valence-electron chi connectivity index (χ3n) is 3.33. The van der Waals surface area contributed by atoms with Crippen LogP contribution in [-0.2, 0) is 6.42 Å². The van der Waals surface area contributed by atoms with Crippen molar-refractivity contribution in [1.29, 1.82) is 0 Å². The predicted molar refractivity (Wildman–Crippen MR) is 83.1 cm³/mol. The first-order valence-electron chi connectivity index (χ1n) is 6.96. The fourth-order valence-electron chi connectivity index (χ4n) is 2.17. The molecule has 22 heavy (non-hydrogen) atoms. The van der Waals surface area contributed by atoms with E-state index in [1.54, 1.807) is 48.5 Å². The van der Waals surface area contributed by atoms with E-state index in [9.17, 15) is 15.0 Å². The van der Waals surface area contributed by atoms with E-state index in [0.29, 0.717) is 17.7 Å². The first-order chi connectivity index (χ1) is 10.6. The van der Waals surface area contributed by atoms with Gasteiger partial charge in [0.05, 0.1) is 25.3 Å². The van der Waals surface area contributed by atoms with E-state index in [1.165, 1.54) is 7.11 Å². The number of hydrogen-bond acceptors (Lipinski definition) is 4. The van der Waals surface area contributed by atoms with E-state index in [2.05, 4.69) is 5.32 Å². The van der Waals surface area contributed by atoms with Crippen LogP contribution in [0.25, 0.3) is 0 Å². The molecule has 116 valence electrons. The zero-order valence-electron chi connectivity index (χ0n) is 12.3. The number of phenols is 1. The fourth-order valence-corrected chi connectivity index (χ4v) is 2.17. The zero-order valence-corrected chi connectivity index (χ0v) is 12.3. The molecule has 1 atom stereocenters. The Bertz CT molecular complexity index is 625. The maximum Gasteiger partial charge on any atom is 0.255 e. The van der Waals surface area contributed by atoms with E-state index >= 15 is 0 Å². The molecule has 2 aromatic rings. The highest BCUT2D eigenvalue weighted by Gasteiger charge is 2.16. The van der Waals surface area contributed by atoms with Crippen molar-refractivity contribution in [2.45, 2.75) is 12.5 Å². The molecule has 0 heterocycles. The van der Waals surface area contributed by atoms with E-state index in [4.69, 9.17) is 4.74 Å². The maximum absolute atomic E-state index is 12.3. The Morgan fingerprint density at radius 3 is 2.50 bits per heavy atom. The van der Waals surface area contributed by atoms with Gasteiger partial charge in [-0.25, -0.2) is 0 Å². The summed E-state index contributed by atoms with van der Waals surface area (Å²) in [4.78, 5) is 12.3. The highest BCUT2D eigenvalue weighted by Crippen LogP contribution is 2.17. The molecule has 0 aromatic heterocycles. The van der Waals surface area contributed by atoms with Crippen molar-refractivity contribution in [3.63, 3.8) is 0 Å². The molecule has 2 rings (SSSR count). The van der Waals surface area contributed by atoms with Crippen LogP contribution in [-0.4, -0.2) is 35.9 Å². The number of aliphatic hydroxyl groups is 1. The van der Waals surface area contributed by atoms with Gasteiger partial charge in [0.2, 0.25) is 0 Å². The standard InChI is InChI=1S/C17H19NO4/c1-22-16-5-3-2-4-15(16)17(21)18-13(11-19)10-12-6-8-14(20)9-7-12/h2-9,13,19-20H,10-11H2,1H3,(H,18,21)/t13-/m0/s1. The summed E-state index contributed by atoms with van der Waals surface area (Å²) in [6.07, 6.45) is 0.470. The summed E-state index contributed by atoms with van der Waals surface area (Å²) in [5, 5.41) is 21.5. The van der Waals surface area contributed by atoms with Crippen LogP contribution in [0.3, 0.4) is 0 Å². The van der Waals surface area contributed by atoms with Crippen LogP contribution in [0.1, 0.15) is 15.9 Å². The summed E-state index contributed by atoms with van der Waals surface area (Å²) in [6, 6.07) is 13.2. The number of hydrogen-bond donors (Lipinski definition) is 3. The second-order valence-corrected chi connectivity index (χ2v) is 4.92. The van der Waals surface area contributed by atoms with Gasteiger partial charge in [0.15, 0.2) is 0 Å². The first kappa shape index (κ1) is 15.9. The Kier molecular flexibility index (Phi) is 5.38. The van der Waals surface area contributed by atoms with Crippen molar-refractivity contribution in [2.75, 3.05) is 13.7 Å². The van der Waals surface area contributed by atoms with Gasteiger partial charge < -0.3 is 20.3 Å². The third kappa shape index (κ3) is 3.99. The molecule has 0 bridgehead atoms. The lowest BCUT2D eigenvalue weighted by Crippen LogP contribution is -2.39. The summed E-state index contributed by atoms with van der Waals surface area (Å²) in [6.45, 7) is -0.179. The van der Waals surface area contributed by atoms with Crippen LogP contribution >= 0.6 is 0 Å². The van der Waals surface area contributed by atoms with Crippen molar-refractivity contribution < 1.29 is 19.7 Å². The molecule has 0 aliphatic carbocycles. The van der Waals surface area contributed by atoms with E-state index in [1.807, 2.05) is 0 Å². The molecule has 0 unspecified atom stereocenters. The average molecular weight is 301 g/mol. The monoisotopic (exact) mass is 301 g/mol. The van der Waals surface area contributed by atoms with Gasteiger partial charge in [-0.2, -0.15) is 0 Å². The number of para-hydroxylation sites is 1. The lowest BCUT2D eigenvalue weighted by Gasteiger charge is -2.17. The molecule has 2 aromatic carbocycles. The maximum atomic E-state index is 12.3. The van der Waals surface area contributed by atoms with Gasteiger partial charge in [0, 0.05) is 0 Å². The van der Waals surface area contributed by atoms with Crippen LogP contribution in [0.5, 0.6) is 11.5 Å². The Morgan fingerprint density at radius 2 is 1.86 bits per heavy atom. The van der Waals surface area contributed by atoms with Gasteiger partial charge in [-0.3, -0.25) is 4.79 Å². The molecule has 5 heteroatoms. The minimum absolute atomic E-state index is 0.179. The molecule has 0 saturated carbocycles. The minimum Gasteiger partial charge on any atom is -0.508 e. The van der Waals surface area contributed by atoms with Gasteiger partial charge in [-0.1, -0.05) is 24.3 Å². The van der Waals surface area contributed by atoms with Crippen molar-refractivity contribution >= 4 is 5.91 Å². The largest absolute Gasteiger partial charge is 0.508 e. The first-order valence-corrected chi connectivity index (χ1v) is 6.96. The summed E-state index contributed by atoms with van der Waals surface area (Å²) in [5.41, 5.74) is 1.34. The van der Waals surface area contributed by atoms with E-state index < -0.39 is 6.04 Å². The van der Waals surface area contributed by atoms with Crippen LogP contribution in [0, 0.1) is 0 Å². The van der Waals surface area contributed by atoms with Crippen molar-refractivity contribution in [2.24, 2.45) is 0 Å². The number of benzene rings is 2. The molecule has 0 fully saturated rings. The topological polar surface area (TPSA) is 78.8 Å². The lowest BCUT2D eigenvalue weighted by atomic mass is 10.1.